The van der Waals surface area contributed by atoms with Gasteiger partial charge in [-0.15, -0.1) is 0 Å². The number of likely N-dealkylation sites (N-methyl/N-ethyl adjacent to an activating group) is 1. The number of carbonyl (C=O) groups is 1. The second-order valence-electron chi connectivity index (χ2n) is 7.60. The first-order valence-corrected chi connectivity index (χ1v) is 10.7. The van der Waals surface area contributed by atoms with E-state index in [9.17, 15) is 13.2 Å². The predicted octanol–water partition coefficient (Wildman–Crippen LogP) is 1.59. The fourth-order valence-electron chi connectivity index (χ4n) is 4.35. The molecule has 1 aromatic rings. The summed E-state index contributed by atoms with van der Waals surface area (Å²) in [6, 6.07) is 3.34. The molecule has 0 bridgehead atoms. The zero-order chi connectivity index (χ0) is 19.1. The van der Waals surface area contributed by atoms with Crippen molar-refractivity contribution in [2.75, 3.05) is 26.7 Å². The molecule has 0 saturated carbocycles. The second-order valence-corrected chi connectivity index (χ2v) is 9.42. The first-order chi connectivity index (χ1) is 12.2. The minimum atomic E-state index is -3.70. The summed E-state index contributed by atoms with van der Waals surface area (Å²) in [6.07, 6.45) is 2.22. The lowest BCUT2D eigenvalue weighted by Gasteiger charge is -2.31. The van der Waals surface area contributed by atoms with E-state index in [-0.39, 0.29) is 11.9 Å². The van der Waals surface area contributed by atoms with Gasteiger partial charge in [-0.25, -0.2) is 8.42 Å². The third-order valence-corrected chi connectivity index (χ3v) is 7.80. The van der Waals surface area contributed by atoms with Crippen molar-refractivity contribution < 1.29 is 13.2 Å². The maximum Gasteiger partial charge on any atom is 0.244 e. The Morgan fingerprint density at radius 1 is 1.19 bits per heavy atom. The zero-order valence-corrected chi connectivity index (χ0v) is 16.9. The molecular weight excluding hydrogens is 350 g/mol. The average molecular weight is 380 g/mol. The van der Waals surface area contributed by atoms with Crippen molar-refractivity contribution in [1.82, 2.24) is 14.5 Å². The first kappa shape index (κ1) is 19.3. The first-order valence-electron chi connectivity index (χ1n) is 9.30. The van der Waals surface area contributed by atoms with Crippen LogP contribution < -0.4 is 5.32 Å². The summed E-state index contributed by atoms with van der Waals surface area (Å²) in [5.41, 5.74) is 2.53. The summed E-state index contributed by atoms with van der Waals surface area (Å²) in [4.78, 5) is 15.1. The third kappa shape index (κ3) is 3.40. The molecule has 0 radical (unpaired) electrons. The van der Waals surface area contributed by atoms with Crippen molar-refractivity contribution in [1.29, 1.82) is 0 Å². The topological polar surface area (TPSA) is 69.7 Å². The summed E-state index contributed by atoms with van der Waals surface area (Å²) in [5.74, 6) is -0.0813. The smallest absolute Gasteiger partial charge is 0.244 e. The van der Waals surface area contributed by atoms with Crippen LogP contribution in [0.1, 0.15) is 36.0 Å². The van der Waals surface area contributed by atoms with Gasteiger partial charge in [0.05, 0.1) is 4.90 Å². The predicted molar refractivity (Wildman–Crippen MR) is 102 cm³/mol. The van der Waals surface area contributed by atoms with Crippen LogP contribution in [-0.4, -0.2) is 62.3 Å². The number of nitrogens with one attached hydrogen (secondary N) is 1. The van der Waals surface area contributed by atoms with Crippen LogP contribution in [-0.2, 0) is 14.8 Å². The summed E-state index contributed by atoms with van der Waals surface area (Å²) in [6.45, 7) is 7.70. The number of sulfonamides is 1. The fourth-order valence-corrected chi connectivity index (χ4v) is 6.42. The molecule has 0 aromatic heterocycles. The van der Waals surface area contributed by atoms with E-state index in [2.05, 4.69) is 5.32 Å². The van der Waals surface area contributed by atoms with Crippen LogP contribution in [0.2, 0.25) is 0 Å². The van der Waals surface area contributed by atoms with Gasteiger partial charge < -0.3 is 10.2 Å². The van der Waals surface area contributed by atoms with Crippen LogP contribution in [0.15, 0.2) is 17.0 Å². The van der Waals surface area contributed by atoms with Gasteiger partial charge in [0, 0.05) is 26.2 Å². The Kier molecular flexibility index (Phi) is 5.42. The average Bonchev–Trinajstić information content (AvgIpc) is 3.23. The number of aryl methyl sites for hydroxylation is 3. The monoisotopic (exact) mass is 379 g/mol. The molecule has 144 valence electrons. The lowest BCUT2D eigenvalue weighted by atomic mass is 10.1. The largest absolute Gasteiger partial charge is 0.340 e. The number of amides is 1. The molecule has 26 heavy (non-hydrogen) atoms. The van der Waals surface area contributed by atoms with Gasteiger partial charge in [0.25, 0.3) is 0 Å². The summed E-state index contributed by atoms with van der Waals surface area (Å²) in [7, 11) is -1.90. The van der Waals surface area contributed by atoms with Crippen molar-refractivity contribution >= 4 is 15.9 Å². The van der Waals surface area contributed by atoms with Gasteiger partial charge in [0.2, 0.25) is 15.9 Å². The van der Waals surface area contributed by atoms with Crippen molar-refractivity contribution in [3.8, 4) is 0 Å². The summed E-state index contributed by atoms with van der Waals surface area (Å²) >= 11 is 0. The molecule has 6 nitrogen and oxygen atoms in total. The number of carbonyl (C=O) groups excluding carboxylic acids is 1. The van der Waals surface area contributed by atoms with Gasteiger partial charge in [0.1, 0.15) is 6.04 Å². The molecule has 2 unspecified atom stereocenters. The van der Waals surface area contributed by atoms with E-state index in [0.717, 1.165) is 42.6 Å². The molecule has 2 heterocycles. The van der Waals surface area contributed by atoms with Crippen LogP contribution in [0, 0.1) is 20.8 Å². The molecule has 1 amide bonds. The molecular formula is C19H29N3O3S. The van der Waals surface area contributed by atoms with Crippen molar-refractivity contribution in [2.24, 2.45) is 0 Å². The van der Waals surface area contributed by atoms with Gasteiger partial charge in [-0.1, -0.05) is 17.7 Å². The molecule has 0 aliphatic carbocycles. The van der Waals surface area contributed by atoms with E-state index in [1.165, 1.54) is 4.31 Å². The van der Waals surface area contributed by atoms with Crippen LogP contribution in [0.4, 0.5) is 0 Å². The van der Waals surface area contributed by atoms with Gasteiger partial charge in [0.15, 0.2) is 0 Å². The highest BCUT2D eigenvalue weighted by molar-refractivity contribution is 7.89. The molecule has 2 atom stereocenters. The highest BCUT2D eigenvalue weighted by Crippen LogP contribution is 2.31. The van der Waals surface area contributed by atoms with E-state index >= 15 is 0 Å². The summed E-state index contributed by atoms with van der Waals surface area (Å²) < 4.78 is 28.2. The van der Waals surface area contributed by atoms with Crippen LogP contribution >= 0.6 is 0 Å². The molecule has 3 rings (SSSR count). The van der Waals surface area contributed by atoms with Crippen LogP contribution in [0.3, 0.4) is 0 Å². The maximum atomic E-state index is 13.4. The Hall–Kier alpha value is -1.44. The van der Waals surface area contributed by atoms with Crippen LogP contribution in [0.5, 0.6) is 0 Å². The third-order valence-electron chi connectivity index (χ3n) is 5.59. The number of nitrogens with zero attached hydrogens (tertiary/aromatic N) is 2. The Balaban J connectivity index is 1.91. The highest BCUT2D eigenvalue weighted by Gasteiger charge is 2.42. The molecule has 7 heteroatoms. The molecule has 1 aromatic carbocycles. The molecule has 0 spiro atoms. The van der Waals surface area contributed by atoms with Gasteiger partial charge in [-0.05, 0) is 57.7 Å². The summed E-state index contributed by atoms with van der Waals surface area (Å²) in [5, 5.41) is 3.26. The van der Waals surface area contributed by atoms with Crippen molar-refractivity contribution in [3.05, 3.63) is 28.8 Å². The molecule has 2 aliphatic rings. The van der Waals surface area contributed by atoms with E-state index in [4.69, 9.17) is 0 Å². The number of benzene rings is 1. The minimum Gasteiger partial charge on any atom is -0.340 e. The molecule has 2 saturated heterocycles. The quantitative estimate of drug-likeness (QED) is 0.862. The van der Waals surface area contributed by atoms with E-state index in [1.54, 1.807) is 11.9 Å². The van der Waals surface area contributed by atoms with E-state index in [0.29, 0.717) is 17.9 Å². The second kappa shape index (κ2) is 7.29. The highest BCUT2D eigenvalue weighted by atomic mass is 32.2. The van der Waals surface area contributed by atoms with Gasteiger partial charge >= 0.3 is 0 Å². The maximum absolute atomic E-state index is 13.4. The van der Waals surface area contributed by atoms with Gasteiger partial charge in [-0.3, -0.25) is 4.79 Å². The van der Waals surface area contributed by atoms with E-state index in [1.807, 2.05) is 32.9 Å². The number of hydrogen-bond acceptors (Lipinski definition) is 4. The Bertz CT molecular complexity index is 777. The Labute approximate surface area is 156 Å². The Morgan fingerprint density at radius 3 is 2.42 bits per heavy atom. The van der Waals surface area contributed by atoms with Gasteiger partial charge in [-0.2, -0.15) is 4.31 Å². The number of rotatable bonds is 4. The van der Waals surface area contributed by atoms with Crippen molar-refractivity contribution in [2.45, 2.75) is 57.0 Å². The lowest BCUT2D eigenvalue weighted by Crippen LogP contribution is -2.50. The normalized spacial score (nSPS) is 24.2. The van der Waals surface area contributed by atoms with E-state index < -0.39 is 16.1 Å². The molecule has 2 aliphatic heterocycles. The molecule has 2 fully saturated rings. The standard InChI is InChI=1S/C19H29N3O3S/c1-13-10-14(2)18(15(3)11-13)26(24,25)22-9-5-6-17(22)19(23)21(4)16-7-8-20-12-16/h10-11,16-17,20H,5-9,12H2,1-4H3. The lowest BCUT2D eigenvalue weighted by molar-refractivity contribution is -0.135. The zero-order valence-electron chi connectivity index (χ0n) is 16.1. The minimum absolute atomic E-state index is 0.0813. The van der Waals surface area contributed by atoms with Crippen LogP contribution in [0.25, 0.3) is 0 Å². The number of hydrogen-bond donors (Lipinski definition) is 1. The molecule has 1 N–H and O–H groups in total. The SMILES string of the molecule is Cc1cc(C)c(S(=O)(=O)N2CCCC2C(=O)N(C)C2CCNC2)c(C)c1. The fraction of sp³-hybridized carbons (Fsp3) is 0.632. The van der Waals surface area contributed by atoms with Crippen molar-refractivity contribution in [3.63, 3.8) is 0 Å². The Morgan fingerprint density at radius 2 is 1.85 bits per heavy atom.